The predicted molar refractivity (Wildman–Crippen MR) is 135 cm³/mol. The van der Waals surface area contributed by atoms with E-state index in [4.69, 9.17) is 4.98 Å². The summed E-state index contributed by atoms with van der Waals surface area (Å²) in [7, 11) is 1.95. The zero-order chi connectivity index (χ0) is 22.5. The van der Waals surface area contributed by atoms with E-state index in [0.29, 0.717) is 6.42 Å². The van der Waals surface area contributed by atoms with Crippen molar-refractivity contribution in [3.63, 3.8) is 0 Å². The molecule has 0 fully saturated rings. The van der Waals surface area contributed by atoms with Crippen LogP contribution >= 0.6 is 11.3 Å². The third-order valence-electron chi connectivity index (χ3n) is 6.07. The number of carbonyl (C=O) groups excluding carboxylic acids is 1. The lowest BCUT2D eigenvalue weighted by molar-refractivity contribution is 0.0978. The first-order chi connectivity index (χ1) is 15.6. The van der Waals surface area contributed by atoms with E-state index in [9.17, 15) is 4.79 Å². The van der Waals surface area contributed by atoms with E-state index < -0.39 is 0 Å². The van der Waals surface area contributed by atoms with Gasteiger partial charge >= 0.3 is 0 Å². The molecule has 0 aliphatic heterocycles. The van der Waals surface area contributed by atoms with Crippen LogP contribution in [0.5, 0.6) is 0 Å². The zero-order valence-corrected chi connectivity index (χ0v) is 20.0. The molecule has 1 N–H and O–H groups in total. The minimum Gasteiger partial charge on any atom is -0.316 e. The summed E-state index contributed by atoms with van der Waals surface area (Å²) in [6.07, 6.45) is 4.72. The molecule has 2 heterocycles. The SMILES string of the molecule is CCN(CC)CCCCC(=O)c1ccc2c(c1)sc1nc(-c3ccc(CNC)cc3)cn12. The van der Waals surface area contributed by atoms with E-state index in [-0.39, 0.29) is 5.78 Å². The molecule has 0 unspecified atom stereocenters. The van der Waals surface area contributed by atoms with Gasteiger partial charge in [0.15, 0.2) is 10.7 Å². The van der Waals surface area contributed by atoms with Gasteiger partial charge in [-0.2, -0.15) is 0 Å². The lowest BCUT2D eigenvalue weighted by atomic mass is 10.1. The molecule has 0 atom stereocenters. The Kier molecular flexibility index (Phi) is 7.35. The summed E-state index contributed by atoms with van der Waals surface area (Å²) in [6, 6.07) is 14.6. The molecule has 4 aromatic rings. The highest BCUT2D eigenvalue weighted by atomic mass is 32.1. The quantitative estimate of drug-likeness (QED) is 0.239. The van der Waals surface area contributed by atoms with Crippen molar-refractivity contribution >= 4 is 32.3 Å². The highest BCUT2D eigenvalue weighted by molar-refractivity contribution is 7.23. The molecule has 0 radical (unpaired) electrons. The summed E-state index contributed by atoms with van der Waals surface area (Å²) in [5.41, 5.74) is 5.26. The number of imidazole rings is 1. The first-order valence-corrected chi connectivity index (χ1v) is 12.4. The molecule has 6 heteroatoms. The first-order valence-electron chi connectivity index (χ1n) is 11.5. The number of ketones is 1. The van der Waals surface area contributed by atoms with Crippen LogP contribution in [0.2, 0.25) is 0 Å². The van der Waals surface area contributed by atoms with Crippen molar-refractivity contribution in [2.75, 3.05) is 26.7 Å². The summed E-state index contributed by atoms with van der Waals surface area (Å²) >= 11 is 1.64. The fourth-order valence-corrected chi connectivity index (χ4v) is 5.16. The van der Waals surface area contributed by atoms with Gasteiger partial charge in [-0.3, -0.25) is 9.20 Å². The van der Waals surface area contributed by atoms with Gasteiger partial charge in [-0.15, -0.1) is 0 Å². The van der Waals surface area contributed by atoms with Crippen molar-refractivity contribution in [3.05, 3.63) is 59.8 Å². The van der Waals surface area contributed by atoms with Gasteiger partial charge in [0.2, 0.25) is 0 Å². The van der Waals surface area contributed by atoms with Crippen LogP contribution < -0.4 is 5.32 Å². The number of fused-ring (bicyclic) bond motifs is 3. The molecule has 0 saturated heterocycles. The third kappa shape index (κ3) is 4.93. The largest absolute Gasteiger partial charge is 0.316 e. The fourth-order valence-electron chi connectivity index (χ4n) is 4.12. The third-order valence-corrected chi connectivity index (χ3v) is 7.09. The second kappa shape index (κ2) is 10.4. The molecule has 0 spiro atoms. The molecule has 0 aliphatic carbocycles. The van der Waals surface area contributed by atoms with Gasteiger partial charge in [0.1, 0.15) is 0 Å². The van der Waals surface area contributed by atoms with Gasteiger partial charge in [0.25, 0.3) is 0 Å². The van der Waals surface area contributed by atoms with Crippen LogP contribution in [0.25, 0.3) is 26.4 Å². The molecule has 2 aromatic carbocycles. The van der Waals surface area contributed by atoms with Crippen molar-refractivity contribution < 1.29 is 4.79 Å². The van der Waals surface area contributed by atoms with Crippen LogP contribution in [-0.2, 0) is 6.54 Å². The molecule has 0 saturated carbocycles. The number of rotatable bonds is 11. The van der Waals surface area contributed by atoms with E-state index in [1.54, 1.807) is 11.3 Å². The fraction of sp³-hybridized carbons (Fsp3) is 0.385. The van der Waals surface area contributed by atoms with Gasteiger partial charge < -0.3 is 10.2 Å². The maximum atomic E-state index is 12.7. The Hall–Kier alpha value is -2.54. The normalized spacial score (nSPS) is 11.8. The molecule has 168 valence electrons. The Bertz CT molecular complexity index is 1190. The smallest absolute Gasteiger partial charge is 0.195 e. The number of Topliss-reactive ketones (excluding diaryl/α,β-unsaturated/α-hetero) is 1. The molecular weight excluding hydrogens is 416 g/mol. The topological polar surface area (TPSA) is 49.6 Å². The van der Waals surface area contributed by atoms with Gasteiger partial charge in [0.05, 0.1) is 15.9 Å². The van der Waals surface area contributed by atoms with Crippen LogP contribution in [0, 0.1) is 0 Å². The number of aromatic nitrogens is 2. The summed E-state index contributed by atoms with van der Waals surface area (Å²) in [5, 5.41) is 3.17. The monoisotopic (exact) mass is 448 g/mol. The predicted octanol–water partition coefficient (Wildman–Crippen LogP) is 5.63. The Morgan fingerprint density at radius 2 is 1.88 bits per heavy atom. The molecule has 0 aliphatic rings. The second-order valence-corrected chi connectivity index (χ2v) is 9.21. The number of hydrogen-bond donors (Lipinski definition) is 1. The summed E-state index contributed by atoms with van der Waals surface area (Å²) < 4.78 is 3.24. The van der Waals surface area contributed by atoms with Crippen LogP contribution in [0.1, 0.15) is 49.0 Å². The lowest BCUT2D eigenvalue weighted by Crippen LogP contribution is -2.24. The number of nitrogens with zero attached hydrogens (tertiary/aromatic N) is 3. The summed E-state index contributed by atoms with van der Waals surface area (Å²) in [4.78, 5) is 20.9. The molecular formula is C26H32N4OS. The minimum atomic E-state index is 0.236. The van der Waals surface area contributed by atoms with E-state index >= 15 is 0 Å². The van der Waals surface area contributed by atoms with Crippen LogP contribution in [0.3, 0.4) is 0 Å². The Morgan fingerprint density at radius 1 is 1.09 bits per heavy atom. The average molecular weight is 449 g/mol. The number of thiazole rings is 1. The average Bonchev–Trinajstić information content (AvgIpc) is 3.37. The van der Waals surface area contributed by atoms with Gasteiger partial charge in [-0.1, -0.05) is 49.4 Å². The molecule has 32 heavy (non-hydrogen) atoms. The highest BCUT2D eigenvalue weighted by Gasteiger charge is 2.13. The maximum Gasteiger partial charge on any atom is 0.195 e. The van der Waals surface area contributed by atoms with Gasteiger partial charge in [0, 0.05) is 30.3 Å². The molecule has 5 nitrogen and oxygen atoms in total. The van der Waals surface area contributed by atoms with Crippen LogP contribution in [0.4, 0.5) is 0 Å². The van der Waals surface area contributed by atoms with Crippen molar-refractivity contribution in [2.45, 2.75) is 39.7 Å². The molecule has 4 rings (SSSR count). The number of benzene rings is 2. The number of hydrogen-bond acceptors (Lipinski definition) is 5. The number of unbranched alkanes of at least 4 members (excludes halogenated alkanes) is 1. The summed E-state index contributed by atoms with van der Waals surface area (Å²) in [6.45, 7) is 8.45. The van der Waals surface area contributed by atoms with Crippen molar-refractivity contribution in [1.29, 1.82) is 0 Å². The minimum absolute atomic E-state index is 0.236. The molecule has 0 bridgehead atoms. The van der Waals surface area contributed by atoms with Gasteiger partial charge in [-0.25, -0.2) is 4.98 Å². The zero-order valence-electron chi connectivity index (χ0n) is 19.2. The highest BCUT2D eigenvalue weighted by Crippen LogP contribution is 2.30. The van der Waals surface area contributed by atoms with E-state index in [2.05, 4.69) is 65.0 Å². The standard InChI is InChI=1S/C26H32N4OS/c1-4-29(5-2)15-7-6-8-24(31)21-13-14-23-25(16-21)32-26-28-22(18-30(23)26)20-11-9-19(10-12-20)17-27-3/h9-14,16,18,27H,4-8,15,17H2,1-3H3. The van der Waals surface area contributed by atoms with Crippen molar-refractivity contribution in [1.82, 2.24) is 19.6 Å². The Morgan fingerprint density at radius 3 is 2.59 bits per heavy atom. The van der Waals surface area contributed by atoms with Gasteiger partial charge in [-0.05, 0) is 63.3 Å². The van der Waals surface area contributed by atoms with E-state index in [1.165, 1.54) is 5.56 Å². The van der Waals surface area contributed by atoms with E-state index in [0.717, 1.165) is 71.0 Å². The van der Waals surface area contributed by atoms with E-state index in [1.807, 2.05) is 19.2 Å². The first kappa shape index (κ1) is 22.6. The van der Waals surface area contributed by atoms with Crippen molar-refractivity contribution in [3.8, 4) is 11.3 Å². The van der Waals surface area contributed by atoms with Crippen molar-refractivity contribution in [2.24, 2.45) is 0 Å². The second-order valence-electron chi connectivity index (χ2n) is 8.20. The Balaban J connectivity index is 1.46. The number of carbonyl (C=O) groups is 1. The number of nitrogens with one attached hydrogen (secondary N) is 1. The van der Waals surface area contributed by atoms with Crippen LogP contribution in [0.15, 0.2) is 48.7 Å². The molecule has 2 aromatic heterocycles. The maximum absolute atomic E-state index is 12.7. The Labute approximate surface area is 194 Å². The molecule has 0 amide bonds. The van der Waals surface area contributed by atoms with Crippen LogP contribution in [-0.4, -0.2) is 46.7 Å². The summed E-state index contributed by atoms with van der Waals surface area (Å²) in [5.74, 6) is 0.236. The lowest BCUT2D eigenvalue weighted by Gasteiger charge is -2.17.